The minimum atomic E-state index is -0.431. The van der Waals surface area contributed by atoms with Crippen LogP contribution in [0.3, 0.4) is 0 Å². The van der Waals surface area contributed by atoms with Gasteiger partial charge >= 0.3 is 5.97 Å². The second-order valence-corrected chi connectivity index (χ2v) is 7.48. The number of amides is 1. The van der Waals surface area contributed by atoms with Crippen molar-refractivity contribution >= 4 is 29.3 Å². The van der Waals surface area contributed by atoms with Crippen LogP contribution in [0, 0.1) is 0 Å². The zero-order chi connectivity index (χ0) is 22.9. The Morgan fingerprint density at radius 2 is 1.88 bits per heavy atom. The van der Waals surface area contributed by atoms with Gasteiger partial charge in [-0.05, 0) is 37.3 Å². The van der Waals surface area contributed by atoms with E-state index in [1.165, 1.54) is 11.8 Å². The fourth-order valence-electron chi connectivity index (χ4n) is 2.74. The maximum absolute atomic E-state index is 12.3. The van der Waals surface area contributed by atoms with E-state index in [0.717, 1.165) is 0 Å². The van der Waals surface area contributed by atoms with Gasteiger partial charge in [0.15, 0.2) is 22.5 Å². The molecule has 1 aromatic heterocycles. The van der Waals surface area contributed by atoms with Gasteiger partial charge in [0.05, 0.1) is 25.0 Å². The molecule has 10 heteroatoms. The first-order chi connectivity index (χ1) is 15.5. The normalized spacial score (nSPS) is 10.5. The first-order valence-electron chi connectivity index (χ1n) is 9.85. The van der Waals surface area contributed by atoms with Crippen LogP contribution in [0.25, 0.3) is 0 Å². The smallest absolute Gasteiger partial charge is 0.338 e. The molecule has 0 aliphatic heterocycles. The molecule has 32 heavy (non-hydrogen) atoms. The average Bonchev–Trinajstić information content (AvgIpc) is 3.16. The molecular weight excluding hydrogens is 432 g/mol. The van der Waals surface area contributed by atoms with Gasteiger partial charge < -0.3 is 24.1 Å². The lowest BCUT2D eigenvalue weighted by Crippen LogP contribution is -2.15. The molecule has 3 aromatic rings. The summed E-state index contributed by atoms with van der Waals surface area (Å²) < 4.78 is 17.8. The SMILES string of the molecule is CCOC(=O)c1cccc(NC(=O)CSc2nnc(COc3ccccc3OC)n2C)c1. The van der Waals surface area contributed by atoms with Crippen molar-refractivity contribution < 1.29 is 23.8 Å². The standard InChI is InChI=1S/C22H24N4O5S/c1-4-30-21(28)15-8-7-9-16(12-15)23-20(27)14-32-22-25-24-19(26(22)2)13-31-18-11-6-5-10-17(18)29-3/h5-12H,4,13-14H2,1-3H3,(H,23,27). The lowest BCUT2D eigenvalue weighted by atomic mass is 10.2. The Bertz CT molecular complexity index is 1090. The molecule has 0 saturated carbocycles. The lowest BCUT2D eigenvalue weighted by molar-refractivity contribution is -0.113. The molecule has 2 aromatic carbocycles. The van der Waals surface area contributed by atoms with Crippen molar-refractivity contribution in [3.05, 3.63) is 59.9 Å². The third kappa shape index (κ3) is 6.01. The van der Waals surface area contributed by atoms with Gasteiger partial charge in [-0.15, -0.1) is 10.2 Å². The number of ether oxygens (including phenoxy) is 3. The molecule has 1 amide bonds. The second kappa shape index (κ2) is 11.2. The van der Waals surface area contributed by atoms with Gasteiger partial charge in [-0.2, -0.15) is 0 Å². The number of carbonyl (C=O) groups excluding carboxylic acids is 2. The number of aromatic nitrogens is 3. The van der Waals surface area contributed by atoms with Crippen molar-refractivity contribution in [3.8, 4) is 11.5 Å². The van der Waals surface area contributed by atoms with E-state index in [1.807, 2.05) is 31.3 Å². The van der Waals surface area contributed by atoms with Crippen LogP contribution >= 0.6 is 11.8 Å². The molecule has 0 atom stereocenters. The summed E-state index contributed by atoms with van der Waals surface area (Å²) in [5.41, 5.74) is 0.898. The minimum absolute atomic E-state index is 0.128. The highest BCUT2D eigenvalue weighted by Gasteiger charge is 2.14. The van der Waals surface area contributed by atoms with Crippen molar-refractivity contribution in [2.45, 2.75) is 18.7 Å². The number of nitrogens with one attached hydrogen (secondary N) is 1. The third-order valence-electron chi connectivity index (χ3n) is 4.34. The summed E-state index contributed by atoms with van der Waals surface area (Å²) in [4.78, 5) is 24.2. The molecule has 168 valence electrons. The molecular formula is C22H24N4O5S. The fourth-order valence-corrected chi connectivity index (χ4v) is 3.47. The van der Waals surface area contributed by atoms with E-state index in [-0.39, 0.29) is 24.9 Å². The summed E-state index contributed by atoms with van der Waals surface area (Å²) >= 11 is 1.25. The Hall–Kier alpha value is -3.53. The second-order valence-electron chi connectivity index (χ2n) is 6.54. The maximum Gasteiger partial charge on any atom is 0.338 e. The van der Waals surface area contributed by atoms with Gasteiger partial charge in [0.2, 0.25) is 5.91 Å². The van der Waals surface area contributed by atoms with Crippen LogP contribution in [-0.2, 0) is 23.2 Å². The molecule has 0 aliphatic rings. The molecule has 0 spiro atoms. The summed E-state index contributed by atoms with van der Waals surface area (Å²) in [5.74, 6) is 1.32. The number of benzene rings is 2. The van der Waals surface area contributed by atoms with E-state index >= 15 is 0 Å². The highest BCUT2D eigenvalue weighted by molar-refractivity contribution is 7.99. The molecule has 0 saturated heterocycles. The average molecular weight is 457 g/mol. The van der Waals surface area contributed by atoms with Gasteiger partial charge in [-0.25, -0.2) is 4.79 Å². The van der Waals surface area contributed by atoms with Crippen molar-refractivity contribution in [2.24, 2.45) is 7.05 Å². The molecule has 9 nitrogen and oxygen atoms in total. The monoisotopic (exact) mass is 456 g/mol. The van der Waals surface area contributed by atoms with Crippen molar-refractivity contribution in [2.75, 3.05) is 24.8 Å². The summed E-state index contributed by atoms with van der Waals surface area (Å²) in [6.45, 7) is 2.23. The van der Waals surface area contributed by atoms with Crippen molar-refractivity contribution in [3.63, 3.8) is 0 Å². The Balaban J connectivity index is 1.54. The van der Waals surface area contributed by atoms with E-state index in [0.29, 0.717) is 33.7 Å². The fraction of sp³-hybridized carbons (Fsp3) is 0.273. The van der Waals surface area contributed by atoms with Gasteiger partial charge in [-0.3, -0.25) is 4.79 Å². The number of hydrogen-bond donors (Lipinski definition) is 1. The van der Waals surface area contributed by atoms with E-state index in [4.69, 9.17) is 14.2 Å². The summed E-state index contributed by atoms with van der Waals surface area (Å²) in [7, 11) is 3.39. The Kier molecular flexibility index (Phi) is 8.09. The Morgan fingerprint density at radius 3 is 2.62 bits per heavy atom. The van der Waals surface area contributed by atoms with Crippen LogP contribution < -0.4 is 14.8 Å². The van der Waals surface area contributed by atoms with E-state index in [1.54, 1.807) is 42.9 Å². The Morgan fingerprint density at radius 1 is 1.09 bits per heavy atom. The first kappa shape index (κ1) is 23.1. The summed E-state index contributed by atoms with van der Waals surface area (Å²) in [6, 6.07) is 14.0. The zero-order valence-corrected chi connectivity index (χ0v) is 18.8. The molecule has 0 unspecified atom stereocenters. The number of hydrogen-bond acceptors (Lipinski definition) is 8. The summed E-state index contributed by atoms with van der Waals surface area (Å²) in [5, 5.41) is 11.6. The van der Waals surface area contributed by atoms with Crippen LogP contribution in [0.1, 0.15) is 23.1 Å². The molecule has 0 bridgehead atoms. The van der Waals surface area contributed by atoms with Gasteiger partial charge in [0.25, 0.3) is 0 Å². The van der Waals surface area contributed by atoms with Crippen molar-refractivity contribution in [1.82, 2.24) is 14.8 Å². The third-order valence-corrected chi connectivity index (χ3v) is 5.36. The largest absolute Gasteiger partial charge is 0.493 e. The number of nitrogens with zero attached hydrogens (tertiary/aromatic N) is 3. The van der Waals surface area contributed by atoms with E-state index in [2.05, 4.69) is 15.5 Å². The van der Waals surface area contributed by atoms with E-state index in [9.17, 15) is 9.59 Å². The predicted molar refractivity (Wildman–Crippen MR) is 120 cm³/mol. The molecule has 1 N–H and O–H groups in total. The van der Waals surface area contributed by atoms with E-state index < -0.39 is 5.97 Å². The topological polar surface area (TPSA) is 105 Å². The van der Waals surface area contributed by atoms with Crippen molar-refractivity contribution in [1.29, 1.82) is 0 Å². The number of rotatable bonds is 10. The number of esters is 1. The van der Waals surface area contributed by atoms with Crippen LogP contribution in [0.15, 0.2) is 53.7 Å². The number of methoxy groups -OCH3 is 1. The Labute approximate surface area is 190 Å². The van der Waals surface area contributed by atoms with Gasteiger partial charge in [0.1, 0.15) is 6.61 Å². The molecule has 0 fully saturated rings. The minimum Gasteiger partial charge on any atom is -0.493 e. The quantitative estimate of drug-likeness (QED) is 0.366. The first-order valence-corrected chi connectivity index (χ1v) is 10.8. The molecule has 0 radical (unpaired) electrons. The van der Waals surface area contributed by atoms with Crippen LogP contribution in [0.4, 0.5) is 5.69 Å². The van der Waals surface area contributed by atoms with Gasteiger partial charge in [0, 0.05) is 12.7 Å². The number of anilines is 1. The maximum atomic E-state index is 12.3. The lowest BCUT2D eigenvalue weighted by Gasteiger charge is -2.10. The molecule has 3 rings (SSSR count). The number of para-hydroxylation sites is 2. The molecule has 0 aliphatic carbocycles. The zero-order valence-electron chi connectivity index (χ0n) is 18.0. The van der Waals surface area contributed by atoms with Crippen LogP contribution in [0.5, 0.6) is 11.5 Å². The number of carbonyl (C=O) groups is 2. The number of thioether (sulfide) groups is 1. The molecule has 1 heterocycles. The highest BCUT2D eigenvalue weighted by Crippen LogP contribution is 2.26. The van der Waals surface area contributed by atoms with Crippen LogP contribution in [0.2, 0.25) is 0 Å². The van der Waals surface area contributed by atoms with Gasteiger partial charge in [-0.1, -0.05) is 30.0 Å². The predicted octanol–water partition coefficient (Wildman–Crippen LogP) is 3.31. The highest BCUT2D eigenvalue weighted by atomic mass is 32.2. The van der Waals surface area contributed by atoms with Crippen LogP contribution in [-0.4, -0.2) is 46.1 Å². The summed E-state index contributed by atoms with van der Waals surface area (Å²) in [6.07, 6.45) is 0.